The van der Waals surface area contributed by atoms with Crippen LogP contribution in [0.25, 0.3) is 0 Å². The molecule has 10 heterocycles. The van der Waals surface area contributed by atoms with Crippen LogP contribution >= 0.6 is 0 Å². The van der Waals surface area contributed by atoms with Crippen molar-refractivity contribution in [2.24, 2.45) is 24.8 Å². The summed E-state index contributed by atoms with van der Waals surface area (Å²) in [4.78, 5) is 81.9. The van der Waals surface area contributed by atoms with Gasteiger partial charge in [0.25, 0.3) is 11.8 Å². The third kappa shape index (κ3) is 12.8. The van der Waals surface area contributed by atoms with E-state index in [-0.39, 0.29) is 75.8 Å². The van der Waals surface area contributed by atoms with E-state index in [4.69, 9.17) is 14.9 Å². The molecule has 1 aromatic heterocycles. The molecule has 20 heteroatoms. The summed E-state index contributed by atoms with van der Waals surface area (Å²) in [6.45, 7) is 18.1. The van der Waals surface area contributed by atoms with Crippen molar-refractivity contribution in [3.63, 3.8) is 0 Å². The molecular weight excluding hydrogens is 1260 g/mol. The monoisotopic (exact) mass is 1370 g/mol. The van der Waals surface area contributed by atoms with E-state index >= 15 is 0 Å². The molecule has 5 aromatic rings. The van der Waals surface area contributed by atoms with Gasteiger partial charge in [0.05, 0.1) is 13.2 Å². The highest BCUT2D eigenvalue weighted by Gasteiger charge is 2.54. The van der Waals surface area contributed by atoms with Gasteiger partial charge in [-0.15, -0.1) is 0 Å². The van der Waals surface area contributed by atoms with Crippen LogP contribution < -0.4 is 14.7 Å². The molecule has 5 amide bonds. The van der Waals surface area contributed by atoms with Crippen LogP contribution in [-0.4, -0.2) is 186 Å². The molecule has 12 aliphatic rings. The number of hydrogen-bond donors (Lipinski definition) is 1. The molecule has 4 aromatic carbocycles. The number of amides is 5. The van der Waals surface area contributed by atoms with Crippen LogP contribution in [0.2, 0.25) is 0 Å². The van der Waals surface area contributed by atoms with Crippen molar-refractivity contribution in [2.75, 3.05) is 99.9 Å². The first-order chi connectivity index (χ1) is 48.4. The normalized spacial score (nSPS) is 26.2. The molecule has 3 saturated carbocycles. The summed E-state index contributed by atoms with van der Waals surface area (Å²) >= 11 is 0. The fourth-order valence-electron chi connectivity index (χ4n) is 20.3. The summed E-state index contributed by atoms with van der Waals surface area (Å²) in [5.41, 5.74) is 9.94. The minimum atomic E-state index is -0.276. The molecule has 100 heavy (non-hydrogen) atoms. The first-order valence-electron chi connectivity index (χ1n) is 37.7. The van der Waals surface area contributed by atoms with Crippen LogP contribution in [0.15, 0.2) is 84.9 Å². The minimum Gasteiger partial charge on any atom is -0.450 e. The predicted molar refractivity (Wildman–Crippen MR) is 382 cm³/mol. The van der Waals surface area contributed by atoms with E-state index in [0.29, 0.717) is 68.3 Å². The Morgan fingerprint density at radius 3 is 1.63 bits per heavy atom. The average Bonchev–Trinajstić information content (AvgIpc) is 1.59. The summed E-state index contributed by atoms with van der Waals surface area (Å²) < 4.78 is 40.9. The molecule has 1 N–H and O–H groups in total. The average molecular weight is 1370 g/mol. The molecule has 18 nitrogen and oxygen atoms in total. The van der Waals surface area contributed by atoms with Gasteiger partial charge in [0.15, 0.2) is 5.69 Å². The number of halogens is 2. The summed E-state index contributed by atoms with van der Waals surface area (Å²) in [7, 11) is 1.90. The zero-order valence-electron chi connectivity index (χ0n) is 59.3. The number of fused-ring (bicyclic) bond motifs is 10. The van der Waals surface area contributed by atoms with Crippen LogP contribution in [0, 0.1) is 48.6 Å². The van der Waals surface area contributed by atoms with E-state index in [1.165, 1.54) is 68.2 Å². The number of aryl methyl sites for hydroxylation is 3. The highest BCUT2D eigenvalue weighted by molar-refractivity contribution is 6.09. The Bertz CT molecular complexity index is 3900. The SMILES string of the molecule is CCOC(=O)N1C2CCC1CC(N1CCC3(CC1)CN(C(=O)C1CC1)c1ccc(F)cc13)C2.CCOC(=O)N1CCC(N2CCC3(CC2)CN(C(=O)c2cccc(C=N)c2)c2ccc(F)cc23)CC1.Cc1ccc2c(c1)C1(CCN(C3CC4CCC3C4)CC1)CN2C(=O)c1cc(C)n(C)n1. The van der Waals surface area contributed by atoms with Crippen molar-refractivity contribution in [3.05, 3.63) is 141 Å². The van der Waals surface area contributed by atoms with E-state index in [1.807, 2.05) is 54.7 Å². The topological polar surface area (TPSA) is 171 Å². The molecular formula is C80H101F2N11O7. The van der Waals surface area contributed by atoms with Crippen molar-refractivity contribution in [3.8, 4) is 0 Å². The number of nitrogens with one attached hydrogen (secondary N) is 1. The molecule has 6 saturated heterocycles. The quantitative estimate of drug-likeness (QED) is 0.139. The van der Waals surface area contributed by atoms with Crippen LogP contribution in [-0.2, 0) is 37.6 Å². The third-order valence-corrected chi connectivity index (χ3v) is 26.0. The number of anilines is 3. The Hall–Kier alpha value is -7.55. The number of carbonyl (C=O) groups excluding carboxylic acids is 5. The number of likely N-dealkylation sites (tertiary alicyclic amines) is 4. The molecule has 9 aliphatic heterocycles. The molecule has 17 rings (SSSR count). The number of piperidine rings is 5. The molecule has 5 atom stereocenters. The molecule has 4 bridgehead atoms. The number of rotatable bonds is 9. The number of aromatic nitrogens is 2. The van der Waals surface area contributed by atoms with Crippen LogP contribution in [0.1, 0.15) is 184 Å². The third-order valence-electron chi connectivity index (χ3n) is 26.0. The lowest BCUT2D eigenvalue weighted by molar-refractivity contribution is -0.119. The molecule has 3 aliphatic carbocycles. The van der Waals surface area contributed by atoms with Crippen molar-refractivity contribution >= 4 is 53.2 Å². The fourth-order valence-corrected chi connectivity index (χ4v) is 20.3. The first kappa shape index (κ1) is 68.2. The largest absolute Gasteiger partial charge is 0.450 e. The van der Waals surface area contributed by atoms with Crippen molar-refractivity contribution < 1.29 is 42.2 Å². The molecule has 0 radical (unpaired) electrons. The van der Waals surface area contributed by atoms with Gasteiger partial charge in [-0.25, -0.2) is 18.4 Å². The number of carbonyl (C=O) groups is 5. The number of nitrogens with zero attached hydrogens (tertiary/aromatic N) is 10. The van der Waals surface area contributed by atoms with Crippen molar-refractivity contribution in [1.82, 2.24) is 34.3 Å². The van der Waals surface area contributed by atoms with Gasteiger partial charge in [0.1, 0.15) is 11.6 Å². The maximum absolute atomic E-state index is 14.4. The maximum Gasteiger partial charge on any atom is 0.410 e. The van der Waals surface area contributed by atoms with E-state index in [0.717, 1.165) is 174 Å². The summed E-state index contributed by atoms with van der Waals surface area (Å²) in [6.07, 6.45) is 20.6. The second-order valence-corrected chi connectivity index (χ2v) is 31.6. The Balaban J connectivity index is 0.000000122. The highest BCUT2D eigenvalue weighted by atomic mass is 19.1. The Morgan fingerprint density at radius 2 is 1.09 bits per heavy atom. The van der Waals surface area contributed by atoms with E-state index in [1.54, 1.807) is 56.9 Å². The van der Waals surface area contributed by atoms with E-state index < -0.39 is 0 Å². The zero-order valence-corrected chi connectivity index (χ0v) is 59.3. The van der Waals surface area contributed by atoms with Crippen molar-refractivity contribution in [2.45, 2.75) is 190 Å². The van der Waals surface area contributed by atoms with E-state index in [2.05, 4.69) is 44.9 Å². The molecule has 5 unspecified atom stereocenters. The van der Waals surface area contributed by atoms with Gasteiger partial charge in [-0.1, -0.05) is 36.2 Å². The lowest BCUT2D eigenvalue weighted by atomic mass is 9.73. The molecule has 532 valence electrons. The lowest BCUT2D eigenvalue weighted by Gasteiger charge is -2.47. The maximum atomic E-state index is 14.4. The van der Waals surface area contributed by atoms with Crippen molar-refractivity contribution in [1.29, 1.82) is 5.41 Å². The summed E-state index contributed by atoms with van der Waals surface area (Å²) in [5, 5.41) is 12.0. The zero-order chi connectivity index (χ0) is 69.4. The van der Waals surface area contributed by atoms with Gasteiger partial charge in [0.2, 0.25) is 5.91 Å². The lowest BCUT2D eigenvalue weighted by Crippen LogP contribution is -2.55. The second-order valence-electron chi connectivity index (χ2n) is 31.6. The molecule has 3 spiro atoms. The minimum absolute atomic E-state index is 0.0428. The number of benzene rings is 4. The Morgan fingerprint density at radius 1 is 0.550 bits per heavy atom. The second kappa shape index (κ2) is 27.7. The summed E-state index contributed by atoms with van der Waals surface area (Å²) in [6, 6.07) is 27.7. The first-order valence-corrected chi connectivity index (χ1v) is 37.7. The Labute approximate surface area is 588 Å². The number of hydrogen-bond acceptors (Lipinski definition) is 12. The van der Waals surface area contributed by atoms with Crippen LogP contribution in [0.3, 0.4) is 0 Å². The smallest absolute Gasteiger partial charge is 0.410 e. The Kier molecular flexibility index (Phi) is 18.9. The fraction of sp³-hybridized carbons (Fsp3) is 0.588. The van der Waals surface area contributed by atoms with Gasteiger partial charge in [0, 0.05) is 127 Å². The van der Waals surface area contributed by atoms with Gasteiger partial charge in [-0.05, 0) is 271 Å². The van der Waals surface area contributed by atoms with E-state index in [9.17, 15) is 32.8 Å². The van der Waals surface area contributed by atoms with Gasteiger partial charge >= 0.3 is 12.2 Å². The standard InChI is InChI=1S/C28H33FN4O3.C26H34FN3O3.C26H34N4O/c1-2-36-27(35)32-12-8-23(9-13-32)31-14-10-28(11-15-31)19-33(25-7-6-22(29)17-24(25)28)26(34)21-5-3-4-20(16-21)18-30;1-2-33-25(32)30-19-6-7-20(30)15-21(14-19)28-11-9-26(10-12-28)16-29(24(31)17-3-4-17)23-8-5-18(27)13-22(23)26;1-17-4-7-23-21(12-17)26(16-30(23)25(31)22-13-18(2)28(3)27-22)8-10-29(11-9-26)24-15-19-5-6-20(24)14-19/h3-7,16-18,23,30H,2,8-15,19H2,1H3;5,8,13,17,19-21H,2-4,6-7,9-12,14-16H2,1H3;4,7,12-13,19-20,24H,5-6,8-11,14-16H2,1-3H3. The van der Waals surface area contributed by atoms with Gasteiger partial charge in [-0.3, -0.25) is 19.1 Å². The number of ether oxygens (including phenoxy) is 2. The highest BCUT2D eigenvalue weighted by Crippen LogP contribution is 2.54. The predicted octanol–water partition coefficient (Wildman–Crippen LogP) is 12.7. The van der Waals surface area contributed by atoms with Crippen LogP contribution in [0.5, 0.6) is 0 Å². The van der Waals surface area contributed by atoms with Gasteiger partial charge in [-0.2, -0.15) is 5.10 Å². The van der Waals surface area contributed by atoms with Gasteiger partial charge < -0.3 is 54.1 Å². The summed E-state index contributed by atoms with van der Waals surface area (Å²) in [5.74, 6) is 1.78. The molecule has 9 fully saturated rings. The van der Waals surface area contributed by atoms with Crippen LogP contribution in [0.4, 0.5) is 35.4 Å².